The van der Waals surface area contributed by atoms with Gasteiger partial charge in [-0.1, -0.05) is 22.0 Å². The van der Waals surface area contributed by atoms with Gasteiger partial charge in [0.05, 0.1) is 6.04 Å². The summed E-state index contributed by atoms with van der Waals surface area (Å²) in [6.07, 6.45) is 2.31. The molecule has 2 aromatic rings. The smallest absolute Gasteiger partial charge is 0.120 e. The van der Waals surface area contributed by atoms with Crippen molar-refractivity contribution < 1.29 is 4.42 Å². The lowest BCUT2D eigenvalue weighted by atomic mass is 10.1. The molecule has 1 N–H and O–H groups in total. The van der Waals surface area contributed by atoms with E-state index in [2.05, 4.69) is 52.4 Å². The van der Waals surface area contributed by atoms with Crippen LogP contribution in [0.15, 0.2) is 39.2 Å². The first-order chi connectivity index (χ1) is 9.13. The van der Waals surface area contributed by atoms with E-state index in [0.29, 0.717) is 6.04 Å². The molecule has 0 spiro atoms. The number of hydrogen-bond acceptors (Lipinski definition) is 2. The highest BCUT2D eigenvalue weighted by Gasteiger charge is 2.24. The van der Waals surface area contributed by atoms with E-state index in [1.54, 1.807) is 0 Å². The van der Waals surface area contributed by atoms with Gasteiger partial charge in [-0.3, -0.25) is 0 Å². The number of halogens is 1. The largest absolute Gasteiger partial charge is 0.465 e. The van der Waals surface area contributed by atoms with E-state index in [9.17, 15) is 0 Å². The van der Waals surface area contributed by atoms with Crippen LogP contribution in [0.3, 0.4) is 0 Å². The van der Waals surface area contributed by atoms with Gasteiger partial charge in [-0.15, -0.1) is 0 Å². The third-order valence-corrected chi connectivity index (χ3v) is 4.32. The Labute approximate surface area is 122 Å². The lowest BCUT2D eigenvalue weighted by Crippen LogP contribution is -2.22. The molecule has 1 aliphatic carbocycles. The van der Waals surface area contributed by atoms with Crippen LogP contribution in [0.5, 0.6) is 0 Å². The fraction of sp³-hybridized carbons (Fsp3) is 0.375. The molecule has 3 heteroatoms. The van der Waals surface area contributed by atoms with E-state index < -0.39 is 0 Å². The quantitative estimate of drug-likeness (QED) is 0.887. The lowest BCUT2D eigenvalue weighted by molar-refractivity contribution is 0.382. The number of fused-ring (bicyclic) bond motifs is 1. The molecule has 0 radical (unpaired) electrons. The molecule has 1 aromatic carbocycles. The van der Waals surface area contributed by atoms with Crippen molar-refractivity contribution in [3.05, 3.63) is 57.5 Å². The summed E-state index contributed by atoms with van der Waals surface area (Å²) >= 11 is 3.54. The minimum absolute atomic E-state index is 0.244. The summed E-state index contributed by atoms with van der Waals surface area (Å²) in [5.41, 5.74) is 2.88. The predicted octanol–water partition coefficient (Wildman–Crippen LogP) is 4.69. The Kier molecular flexibility index (Phi) is 3.50. The van der Waals surface area contributed by atoms with Crippen LogP contribution in [-0.2, 0) is 6.42 Å². The molecule has 0 saturated heterocycles. The normalized spacial score (nSPS) is 19.4. The van der Waals surface area contributed by atoms with E-state index >= 15 is 0 Å². The van der Waals surface area contributed by atoms with Crippen molar-refractivity contribution in [2.75, 3.05) is 0 Å². The average Bonchev–Trinajstić information content (AvgIpc) is 2.96. The Morgan fingerprint density at radius 2 is 2.16 bits per heavy atom. The maximum atomic E-state index is 5.69. The topological polar surface area (TPSA) is 25.2 Å². The Bertz CT molecular complexity index is 590. The minimum Gasteiger partial charge on any atom is -0.465 e. The van der Waals surface area contributed by atoms with Gasteiger partial charge in [-0.25, -0.2) is 0 Å². The van der Waals surface area contributed by atoms with E-state index in [1.165, 1.54) is 15.6 Å². The molecular weight excluding hydrogens is 302 g/mol. The van der Waals surface area contributed by atoms with Gasteiger partial charge in [0.1, 0.15) is 11.5 Å². The highest BCUT2D eigenvalue weighted by atomic mass is 79.9. The van der Waals surface area contributed by atoms with Crippen LogP contribution in [0.25, 0.3) is 0 Å². The molecular formula is C16H18BrNO. The van der Waals surface area contributed by atoms with Crippen molar-refractivity contribution in [1.29, 1.82) is 0 Å². The van der Waals surface area contributed by atoms with Crippen molar-refractivity contribution in [2.24, 2.45) is 0 Å². The third kappa shape index (κ3) is 2.63. The zero-order chi connectivity index (χ0) is 13.4. The van der Waals surface area contributed by atoms with Gasteiger partial charge in [0.2, 0.25) is 0 Å². The second kappa shape index (κ2) is 5.14. The maximum Gasteiger partial charge on any atom is 0.120 e. The summed E-state index contributed by atoms with van der Waals surface area (Å²) in [5.74, 6) is 1.99. The fourth-order valence-electron chi connectivity index (χ4n) is 2.83. The number of benzene rings is 1. The predicted molar refractivity (Wildman–Crippen MR) is 80.2 cm³/mol. The summed E-state index contributed by atoms with van der Waals surface area (Å²) in [6, 6.07) is 11.3. The summed E-state index contributed by atoms with van der Waals surface area (Å²) in [4.78, 5) is 0. The van der Waals surface area contributed by atoms with Crippen LogP contribution in [0.2, 0.25) is 0 Å². The third-order valence-electron chi connectivity index (χ3n) is 3.82. The molecule has 1 heterocycles. The van der Waals surface area contributed by atoms with Crippen LogP contribution in [0, 0.1) is 6.92 Å². The first kappa shape index (κ1) is 12.9. The Morgan fingerprint density at radius 1 is 1.32 bits per heavy atom. The van der Waals surface area contributed by atoms with Gasteiger partial charge in [0.25, 0.3) is 0 Å². The van der Waals surface area contributed by atoms with Gasteiger partial charge < -0.3 is 9.73 Å². The highest BCUT2D eigenvalue weighted by Crippen LogP contribution is 2.34. The number of nitrogens with one attached hydrogen (secondary N) is 1. The fourth-order valence-corrected chi connectivity index (χ4v) is 3.24. The van der Waals surface area contributed by atoms with Gasteiger partial charge >= 0.3 is 0 Å². The van der Waals surface area contributed by atoms with Crippen molar-refractivity contribution in [1.82, 2.24) is 5.32 Å². The molecule has 2 unspecified atom stereocenters. The molecule has 19 heavy (non-hydrogen) atoms. The zero-order valence-electron chi connectivity index (χ0n) is 11.2. The van der Waals surface area contributed by atoms with Gasteiger partial charge in [-0.2, -0.15) is 0 Å². The summed E-state index contributed by atoms with van der Waals surface area (Å²) in [7, 11) is 0. The van der Waals surface area contributed by atoms with E-state index in [4.69, 9.17) is 4.42 Å². The molecule has 2 atom stereocenters. The molecule has 2 nitrogen and oxygen atoms in total. The first-order valence-electron chi connectivity index (χ1n) is 6.74. The van der Waals surface area contributed by atoms with Crippen molar-refractivity contribution in [3.63, 3.8) is 0 Å². The van der Waals surface area contributed by atoms with Crippen LogP contribution >= 0.6 is 15.9 Å². The number of aryl methyl sites for hydroxylation is 2. The molecule has 1 aliphatic rings. The number of rotatable bonds is 3. The first-order valence-corrected chi connectivity index (χ1v) is 7.53. The molecule has 0 bridgehead atoms. The molecule has 100 valence electrons. The van der Waals surface area contributed by atoms with Crippen molar-refractivity contribution in [3.8, 4) is 0 Å². The Hall–Kier alpha value is -1.06. The van der Waals surface area contributed by atoms with Crippen LogP contribution in [-0.4, -0.2) is 0 Å². The highest BCUT2D eigenvalue weighted by molar-refractivity contribution is 9.10. The standard InChI is InChI=1S/C16H18BrNO/c1-10-3-8-16(19-10)11(2)18-15-7-4-12-9-13(17)5-6-14(12)15/h3,5-6,8-9,11,15,18H,4,7H2,1-2H3. The monoisotopic (exact) mass is 319 g/mol. The lowest BCUT2D eigenvalue weighted by Gasteiger charge is -2.19. The van der Waals surface area contributed by atoms with Crippen LogP contribution in [0.4, 0.5) is 0 Å². The van der Waals surface area contributed by atoms with Crippen LogP contribution < -0.4 is 5.32 Å². The second-order valence-corrected chi connectivity index (χ2v) is 6.19. The zero-order valence-corrected chi connectivity index (χ0v) is 12.8. The average molecular weight is 320 g/mol. The van der Waals surface area contributed by atoms with Crippen molar-refractivity contribution >= 4 is 15.9 Å². The molecule has 0 saturated carbocycles. The maximum absolute atomic E-state index is 5.69. The molecule has 0 aliphatic heterocycles. The summed E-state index contributed by atoms with van der Waals surface area (Å²) in [6.45, 7) is 4.15. The van der Waals surface area contributed by atoms with E-state index in [1.807, 2.05) is 13.0 Å². The molecule has 0 amide bonds. The Balaban J connectivity index is 1.76. The molecule has 3 rings (SSSR count). The summed E-state index contributed by atoms with van der Waals surface area (Å²) in [5, 5.41) is 3.68. The van der Waals surface area contributed by atoms with Gasteiger partial charge in [0, 0.05) is 10.5 Å². The molecule has 0 fully saturated rings. The van der Waals surface area contributed by atoms with Crippen molar-refractivity contribution in [2.45, 2.75) is 38.8 Å². The number of furan rings is 1. The van der Waals surface area contributed by atoms with E-state index in [-0.39, 0.29) is 6.04 Å². The molecule has 1 aromatic heterocycles. The van der Waals surface area contributed by atoms with Gasteiger partial charge in [-0.05, 0) is 62.1 Å². The van der Waals surface area contributed by atoms with E-state index in [0.717, 1.165) is 24.4 Å². The SMILES string of the molecule is Cc1ccc(C(C)NC2CCc3cc(Br)ccc32)o1. The Morgan fingerprint density at radius 3 is 2.89 bits per heavy atom. The second-order valence-electron chi connectivity index (χ2n) is 5.27. The van der Waals surface area contributed by atoms with Gasteiger partial charge in [0.15, 0.2) is 0 Å². The summed E-state index contributed by atoms with van der Waals surface area (Å²) < 4.78 is 6.86. The number of hydrogen-bond donors (Lipinski definition) is 1. The van der Waals surface area contributed by atoms with Crippen LogP contribution in [0.1, 0.15) is 48.1 Å². The minimum atomic E-state index is 0.244.